The summed E-state index contributed by atoms with van der Waals surface area (Å²) in [6.07, 6.45) is 2.04. The van der Waals surface area contributed by atoms with Crippen LogP contribution in [0.4, 0.5) is 0 Å². The number of pyridine rings is 1. The minimum Gasteiger partial charge on any atom is -0.497 e. The maximum Gasteiger partial charge on any atom is 0.137 e. The number of rotatable bonds is 3. The van der Waals surface area contributed by atoms with Gasteiger partial charge in [-0.05, 0) is 24.3 Å². The summed E-state index contributed by atoms with van der Waals surface area (Å²) in [5, 5.41) is 9.70. The fraction of sp³-hybridized carbons (Fsp3) is 0.125. The van der Waals surface area contributed by atoms with Crippen molar-refractivity contribution in [2.24, 2.45) is 0 Å². The summed E-state index contributed by atoms with van der Waals surface area (Å²) in [4.78, 5) is 4.62. The van der Waals surface area contributed by atoms with E-state index in [1.54, 1.807) is 19.4 Å². The molecule has 3 aromatic rings. The first-order valence-corrected chi connectivity index (χ1v) is 6.78. The van der Waals surface area contributed by atoms with Gasteiger partial charge in [-0.3, -0.25) is 0 Å². The van der Waals surface area contributed by atoms with Gasteiger partial charge in [0.15, 0.2) is 0 Å². The van der Waals surface area contributed by atoms with Crippen molar-refractivity contribution in [3.8, 4) is 23.1 Å². The van der Waals surface area contributed by atoms with Crippen molar-refractivity contribution in [3.05, 3.63) is 53.3 Å². The maximum atomic E-state index is 9.09. The first-order chi connectivity index (χ1) is 10.2. The van der Waals surface area contributed by atoms with Crippen LogP contribution in [-0.4, -0.2) is 16.5 Å². The maximum absolute atomic E-state index is 9.09. The zero-order valence-electron chi connectivity index (χ0n) is 11.4. The summed E-state index contributed by atoms with van der Waals surface area (Å²) in [7, 11) is 1.62. The highest BCUT2D eigenvalue weighted by atomic mass is 35.5. The van der Waals surface area contributed by atoms with Crippen LogP contribution in [0.2, 0.25) is 5.02 Å². The third kappa shape index (κ3) is 2.44. The van der Waals surface area contributed by atoms with Crippen LogP contribution in [0.5, 0.6) is 5.75 Å². The molecule has 0 spiro atoms. The van der Waals surface area contributed by atoms with Crippen molar-refractivity contribution < 1.29 is 4.74 Å². The molecule has 0 fully saturated rings. The normalized spacial score (nSPS) is 10.5. The highest BCUT2D eigenvalue weighted by Crippen LogP contribution is 2.28. The minimum atomic E-state index is 0.258. The van der Waals surface area contributed by atoms with E-state index in [4.69, 9.17) is 21.6 Å². The first-order valence-electron chi connectivity index (χ1n) is 6.41. The van der Waals surface area contributed by atoms with Gasteiger partial charge in [-0.15, -0.1) is 0 Å². The number of hydrogen-bond acceptors (Lipinski definition) is 3. The first kappa shape index (κ1) is 13.5. The molecule has 0 saturated carbocycles. The van der Waals surface area contributed by atoms with E-state index in [9.17, 15) is 0 Å². The van der Waals surface area contributed by atoms with Gasteiger partial charge in [0.05, 0.1) is 36.0 Å². The van der Waals surface area contributed by atoms with E-state index in [1.807, 2.05) is 34.7 Å². The van der Waals surface area contributed by atoms with E-state index >= 15 is 0 Å². The monoisotopic (exact) mass is 297 g/mol. The number of imidazole rings is 1. The van der Waals surface area contributed by atoms with Gasteiger partial charge in [0, 0.05) is 11.8 Å². The summed E-state index contributed by atoms with van der Waals surface area (Å²) < 4.78 is 7.11. The summed E-state index contributed by atoms with van der Waals surface area (Å²) in [6.45, 7) is 0. The summed E-state index contributed by atoms with van der Waals surface area (Å²) in [6, 6.07) is 13.4. The molecular formula is C16H12ClN3O. The molecule has 0 aliphatic carbocycles. The van der Waals surface area contributed by atoms with Crippen molar-refractivity contribution in [1.29, 1.82) is 5.26 Å². The Labute approximate surface area is 127 Å². The number of aromatic nitrogens is 2. The predicted octanol–water partition coefficient (Wildman–Crippen LogP) is 3.73. The van der Waals surface area contributed by atoms with Gasteiger partial charge in [-0.2, -0.15) is 5.26 Å². The van der Waals surface area contributed by atoms with Crippen LogP contribution < -0.4 is 4.74 Å². The zero-order valence-corrected chi connectivity index (χ0v) is 12.1. The number of benzene rings is 1. The molecule has 0 saturated heterocycles. The van der Waals surface area contributed by atoms with Crippen molar-refractivity contribution >= 4 is 17.2 Å². The molecule has 4 nitrogen and oxygen atoms in total. The van der Waals surface area contributed by atoms with E-state index < -0.39 is 0 Å². The number of methoxy groups -OCH3 is 1. The lowest BCUT2D eigenvalue weighted by atomic mass is 10.1. The second-order valence-electron chi connectivity index (χ2n) is 4.55. The number of halogens is 1. The Hall–Kier alpha value is -2.51. The van der Waals surface area contributed by atoms with Crippen LogP contribution in [-0.2, 0) is 6.42 Å². The number of hydrogen-bond donors (Lipinski definition) is 0. The molecule has 104 valence electrons. The molecule has 0 bridgehead atoms. The fourth-order valence-electron chi connectivity index (χ4n) is 2.31. The smallest absolute Gasteiger partial charge is 0.137 e. The fourth-order valence-corrected chi connectivity index (χ4v) is 2.47. The topological polar surface area (TPSA) is 50.3 Å². The third-order valence-corrected chi connectivity index (χ3v) is 3.49. The van der Waals surface area contributed by atoms with Gasteiger partial charge in [0.1, 0.15) is 11.4 Å². The quantitative estimate of drug-likeness (QED) is 0.740. The molecule has 21 heavy (non-hydrogen) atoms. The van der Waals surface area contributed by atoms with Gasteiger partial charge in [-0.25, -0.2) is 4.98 Å². The number of ether oxygens (including phenoxy) is 1. The second-order valence-corrected chi connectivity index (χ2v) is 4.99. The van der Waals surface area contributed by atoms with Crippen LogP contribution in [0.1, 0.15) is 5.69 Å². The number of nitrogens with zero attached hydrogens (tertiary/aromatic N) is 3. The van der Waals surface area contributed by atoms with Crippen LogP contribution in [0.15, 0.2) is 42.6 Å². The molecular weight excluding hydrogens is 286 g/mol. The molecule has 2 aromatic heterocycles. The van der Waals surface area contributed by atoms with E-state index in [1.165, 1.54) is 0 Å². The molecule has 0 aliphatic heterocycles. The van der Waals surface area contributed by atoms with Crippen LogP contribution in [0, 0.1) is 11.3 Å². The summed E-state index contributed by atoms with van der Waals surface area (Å²) in [5.41, 5.74) is 3.28. The van der Waals surface area contributed by atoms with Gasteiger partial charge >= 0.3 is 0 Å². The van der Waals surface area contributed by atoms with Gasteiger partial charge in [0.25, 0.3) is 0 Å². The van der Waals surface area contributed by atoms with Gasteiger partial charge in [0.2, 0.25) is 0 Å². The Balaban J connectivity index is 2.26. The van der Waals surface area contributed by atoms with Crippen LogP contribution in [0.3, 0.4) is 0 Å². The van der Waals surface area contributed by atoms with Gasteiger partial charge in [-0.1, -0.05) is 23.7 Å². The van der Waals surface area contributed by atoms with Crippen molar-refractivity contribution in [2.75, 3.05) is 7.11 Å². The van der Waals surface area contributed by atoms with E-state index in [-0.39, 0.29) is 6.42 Å². The Bertz CT molecular complexity index is 848. The number of nitriles is 1. The average molecular weight is 298 g/mol. The van der Waals surface area contributed by atoms with E-state index in [2.05, 4.69) is 11.1 Å². The Kier molecular flexibility index (Phi) is 3.51. The Morgan fingerprint density at radius 2 is 2.19 bits per heavy atom. The molecule has 0 aliphatic rings. The molecule has 0 atom stereocenters. The average Bonchev–Trinajstić information content (AvgIpc) is 2.86. The SMILES string of the molecule is COc1cccc(-c2nc3ccc(Cl)cn3c2CC#N)c1. The molecule has 0 radical (unpaired) electrons. The van der Waals surface area contributed by atoms with Crippen molar-refractivity contribution in [3.63, 3.8) is 0 Å². The molecule has 3 rings (SSSR count). The molecule has 5 heteroatoms. The standard InChI is InChI=1S/C16H12ClN3O/c1-21-13-4-2-3-11(9-13)16-14(7-8-18)20-10-12(17)5-6-15(20)19-16/h2-6,9-10H,7H2,1H3. The van der Waals surface area contributed by atoms with Crippen LogP contribution in [0.25, 0.3) is 16.9 Å². The van der Waals surface area contributed by atoms with E-state index in [0.29, 0.717) is 5.02 Å². The lowest BCUT2D eigenvalue weighted by Gasteiger charge is -2.04. The molecule has 0 N–H and O–H groups in total. The lowest BCUT2D eigenvalue weighted by molar-refractivity contribution is 0.415. The summed E-state index contributed by atoms with van der Waals surface area (Å²) >= 11 is 6.04. The lowest BCUT2D eigenvalue weighted by Crippen LogP contribution is -1.93. The number of fused-ring (bicyclic) bond motifs is 1. The largest absolute Gasteiger partial charge is 0.497 e. The third-order valence-electron chi connectivity index (χ3n) is 3.27. The molecule has 1 aromatic carbocycles. The zero-order chi connectivity index (χ0) is 14.8. The highest BCUT2D eigenvalue weighted by molar-refractivity contribution is 6.30. The Morgan fingerprint density at radius 3 is 2.95 bits per heavy atom. The van der Waals surface area contributed by atoms with Crippen molar-refractivity contribution in [1.82, 2.24) is 9.38 Å². The van der Waals surface area contributed by atoms with E-state index in [0.717, 1.165) is 28.3 Å². The van der Waals surface area contributed by atoms with Crippen LogP contribution >= 0.6 is 11.6 Å². The van der Waals surface area contributed by atoms with Gasteiger partial charge < -0.3 is 9.14 Å². The van der Waals surface area contributed by atoms with Crippen molar-refractivity contribution in [2.45, 2.75) is 6.42 Å². The predicted molar refractivity (Wildman–Crippen MR) is 81.5 cm³/mol. The Morgan fingerprint density at radius 1 is 1.33 bits per heavy atom. The molecule has 0 amide bonds. The second kappa shape index (κ2) is 5.47. The summed E-state index contributed by atoms with van der Waals surface area (Å²) in [5.74, 6) is 0.755. The molecule has 0 unspecified atom stereocenters. The minimum absolute atomic E-state index is 0.258. The highest BCUT2D eigenvalue weighted by Gasteiger charge is 2.14. The molecule has 2 heterocycles.